The first kappa shape index (κ1) is 38.0. The van der Waals surface area contributed by atoms with Gasteiger partial charge in [0, 0.05) is 5.56 Å². The molecule has 0 spiro atoms. The quantitative estimate of drug-likeness (QED) is 0.132. The van der Waals surface area contributed by atoms with Gasteiger partial charge in [-0.2, -0.15) is 0 Å². The number of nitrogens with one attached hydrogen (secondary N) is 2. The fourth-order valence-electron chi connectivity index (χ4n) is 3.39. The topological polar surface area (TPSA) is 143 Å². The van der Waals surface area contributed by atoms with Gasteiger partial charge in [0.25, 0.3) is 0 Å². The Bertz CT molecular complexity index is 1570. The highest BCUT2D eigenvalue weighted by atomic mass is 127. The molecule has 2 heterocycles. The summed E-state index contributed by atoms with van der Waals surface area (Å²) in [5.74, 6) is -0.982. The Morgan fingerprint density at radius 2 is 1.15 bits per heavy atom. The molecule has 0 fully saturated rings. The molecule has 10 nitrogen and oxygen atoms in total. The highest BCUT2D eigenvalue weighted by molar-refractivity contribution is 14.1. The first-order valence-electron chi connectivity index (χ1n) is 13.9. The Morgan fingerprint density at radius 3 is 1.61 bits per heavy atom. The largest absolute Gasteiger partial charge is 0.488 e. The van der Waals surface area contributed by atoms with E-state index < -0.39 is 42.1 Å². The van der Waals surface area contributed by atoms with E-state index in [2.05, 4.69) is 20.6 Å². The minimum atomic E-state index is -1.34. The van der Waals surface area contributed by atoms with Gasteiger partial charge in [-0.1, -0.05) is 60.7 Å². The van der Waals surface area contributed by atoms with Gasteiger partial charge >= 0.3 is 19.3 Å². The zero-order chi connectivity index (χ0) is 34.5. The van der Waals surface area contributed by atoms with Crippen LogP contribution in [0.15, 0.2) is 85.5 Å². The van der Waals surface area contributed by atoms with E-state index >= 15 is 0 Å². The third kappa shape index (κ3) is 13.9. The summed E-state index contributed by atoms with van der Waals surface area (Å²) in [5, 5.41) is 22.1. The first-order valence-corrected chi connectivity index (χ1v) is 14.9. The number of rotatable bonds is 4. The molecule has 0 unspecified atom stereocenters. The summed E-state index contributed by atoms with van der Waals surface area (Å²) < 4.78 is 37.7. The van der Waals surface area contributed by atoms with Crippen LogP contribution in [0, 0.1) is 15.2 Å². The highest BCUT2D eigenvalue weighted by Crippen LogP contribution is 2.30. The lowest BCUT2D eigenvalue weighted by atomic mass is 9.81. The van der Waals surface area contributed by atoms with Crippen LogP contribution in [-0.4, -0.2) is 50.5 Å². The molecule has 0 aliphatic carbocycles. The van der Waals surface area contributed by atoms with Crippen LogP contribution in [-0.2, 0) is 9.47 Å². The van der Waals surface area contributed by atoms with Crippen molar-refractivity contribution in [3.8, 4) is 11.1 Å². The lowest BCUT2D eigenvalue weighted by Gasteiger charge is -2.20. The zero-order valence-corrected chi connectivity index (χ0v) is 28.4. The van der Waals surface area contributed by atoms with Gasteiger partial charge in [-0.05, 0) is 75.2 Å². The number of pyridine rings is 2. The number of amides is 2. The lowest BCUT2D eigenvalue weighted by molar-refractivity contribution is 0.0624. The molecule has 2 aromatic carbocycles. The van der Waals surface area contributed by atoms with Crippen LogP contribution in [0.25, 0.3) is 11.1 Å². The molecule has 2 amide bonds. The Morgan fingerprint density at radius 1 is 0.717 bits per heavy atom. The Labute approximate surface area is 280 Å². The average molecular weight is 748 g/mol. The average Bonchev–Trinajstić information content (AvgIpc) is 2.95. The van der Waals surface area contributed by atoms with Crippen LogP contribution in [0.4, 0.5) is 29.7 Å². The minimum Gasteiger partial charge on any atom is -0.444 e. The van der Waals surface area contributed by atoms with E-state index in [0.717, 1.165) is 12.4 Å². The summed E-state index contributed by atoms with van der Waals surface area (Å²) in [4.78, 5) is 30.7. The van der Waals surface area contributed by atoms with Crippen molar-refractivity contribution in [1.29, 1.82) is 0 Å². The summed E-state index contributed by atoms with van der Waals surface area (Å²) >= 11 is 1.79. The molecule has 0 atom stereocenters. The number of carbonyl (C=O) groups excluding carboxylic acids is 2. The number of hydrogen-bond donors (Lipinski definition) is 4. The van der Waals surface area contributed by atoms with Gasteiger partial charge < -0.3 is 19.5 Å². The molecule has 0 radical (unpaired) electrons. The van der Waals surface area contributed by atoms with Crippen LogP contribution in [0.2, 0.25) is 0 Å². The molecule has 14 heteroatoms. The molecule has 0 saturated carbocycles. The third-order valence-electron chi connectivity index (χ3n) is 5.17. The van der Waals surface area contributed by atoms with Gasteiger partial charge in [-0.25, -0.2) is 18.4 Å². The van der Waals surface area contributed by atoms with Crippen molar-refractivity contribution in [3.63, 3.8) is 0 Å². The predicted molar refractivity (Wildman–Crippen MR) is 183 cm³/mol. The van der Waals surface area contributed by atoms with Crippen molar-refractivity contribution < 1.29 is 37.9 Å². The first-order chi connectivity index (χ1) is 21.5. The maximum Gasteiger partial charge on any atom is 0.488 e. The number of hydrogen-bond acceptors (Lipinski definition) is 8. The van der Waals surface area contributed by atoms with Crippen molar-refractivity contribution in [2.45, 2.75) is 52.7 Å². The summed E-state index contributed by atoms with van der Waals surface area (Å²) in [6.45, 7) is 10.5. The second-order valence-electron chi connectivity index (χ2n) is 11.4. The van der Waals surface area contributed by atoms with Crippen molar-refractivity contribution in [2.24, 2.45) is 0 Å². The van der Waals surface area contributed by atoms with E-state index in [-0.39, 0.29) is 11.3 Å². The third-order valence-corrected chi connectivity index (χ3v) is 6.27. The van der Waals surface area contributed by atoms with Crippen molar-refractivity contribution in [2.75, 3.05) is 10.6 Å². The Hall–Kier alpha value is -4.15. The van der Waals surface area contributed by atoms with Crippen molar-refractivity contribution in [3.05, 3.63) is 101 Å². The number of carbonyl (C=O) groups is 2. The molecule has 2 aromatic heterocycles. The number of nitrogens with zero attached hydrogens (tertiary/aromatic N) is 2. The summed E-state index contributed by atoms with van der Waals surface area (Å²) in [7, 11) is -1.34. The highest BCUT2D eigenvalue weighted by Gasteiger charge is 2.20. The minimum absolute atomic E-state index is 0.274. The van der Waals surface area contributed by atoms with Gasteiger partial charge in [-0.15, -0.1) is 0 Å². The number of halogens is 3. The van der Waals surface area contributed by atoms with E-state index in [1.807, 2.05) is 12.1 Å². The predicted octanol–water partition coefficient (Wildman–Crippen LogP) is 6.77. The van der Waals surface area contributed by atoms with E-state index in [1.165, 1.54) is 12.4 Å². The molecule has 244 valence electrons. The summed E-state index contributed by atoms with van der Waals surface area (Å²) in [6, 6.07) is 17.6. The molecule has 4 aromatic rings. The van der Waals surface area contributed by atoms with Gasteiger partial charge in [0.15, 0.2) is 11.6 Å². The zero-order valence-electron chi connectivity index (χ0n) is 26.2. The van der Waals surface area contributed by atoms with Crippen LogP contribution in [0.3, 0.4) is 0 Å². The Kier molecular flexibility index (Phi) is 14.5. The van der Waals surface area contributed by atoms with Crippen molar-refractivity contribution >= 4 is 58.7 Å². The van der Waals surface area contributed by atoms with Gasteiger partial charge in [-0.3, -0.25) is 20.6 Å². The number of benzene rings is 2. The SMILES string of the molecule is CC(C)(C)OC(=O)Nc1cncc(F)c1-c1ccccc1.CC(C)(C)OC(=O)Nc1cncc(F)c1I.OB(O)c1ccccc1. The van der Waals surface area contributed by atoms with Gasteiger partial charge in [0.2, 0.25) is 0 Å². The van der Waals surface area contributed by atoms with Crippen LogP contribution < -0.4 is 16.1 Å². The standard InChI is InChI=1S/C16H17FN2O2.C10H12FIN2O2.C6H7BO2/c1-16(2,3)21-15(20)19-13-10-18-9-12(17)14(13)11-7-5-4-6-8-11;1-10(2,3)16-9(15)14-7-5-13-4-6(11)8(7)12;8-7(9)6-4-2-1-3-5-6/h4-10H,1-3H3,(H,19,20);4-5H,1-3H3,(H,14,15);1-5,8-9H. The second-order valence-corrected chi connectivity index (χ2v) is 12.5. The lowest BCUT2D eigenvalue weighted by Crippen LogP contribution is -2.29. The molecule has 46 heavy (non-hydrogen) atoms. The molecule has 4 rings (SSSR count). The second kappa shape index (κ2) is 17.5. The van der Waals surface area contributed by atoms with Crippen LogP contribution in [0.1, 0.15) is 41.5 Å². The summed E-state index contributed by atoms with van der Waals surface area (Å²) in [6.07, 6.45) is 3.69. The normalized spacial score (nSPS) is 10.7. The monoisotopic (exact) mass is 748 g/mol. The molecule has 4 N–H and O–H groups in total. The molecule has 0 bridgehead atoms. The molecule has 0 aliphatic heterocycles. The molecular weight excluding hydrogens is 712 g/mol. The number of aromatic nitrogens is 2. The molecule has 0 aliphatic rings. The van der Waals surface area contributed by atoms with Crippen molar-refractivity contribution in [1.82, 2.24) is 9.97 Å². The summed E-state index contributed by atoms with van der Waals surface area (Å²) in [5.41, 5.74) is 0.830. The van der Waals surface area contributed by atoms with Crippen LogP contribution >= 0.6 is 22.6 Å². The molecule has 0 saturated heterocycles. The van der Waals surface area contributed by atoms with Gasteiger partial charge in [0.1, 0.15) is 11.2 Å². The maximum absolute atomic E-state index is 14.1. The fraction of sp³-hybridized carbons (Fsp3) is 0.250. The number of ether oxygens (including phenoxy) is 2. The molecular formula is C32H36BF2IN4O6. The van der Waals surface area contributed by atoms with E-state index in [0.29, 0.717) is 20.3 Å². The maximum atomic E-state index is 14.1. The fourth-order valence-corrected chi connectivity index (χ4v) is 3.80. The van der Waals surface area contributed by atoms with E-state index in [9.17, 15) is 18.4 Å². The van der Waals surface area contributed by atoms with E-state index in [1.54, 1.807) is 113 Å². The smallest absolute Gasteiger partial charge is 0.444 e. The Balaban J connectivity index is 0.000000260. The van der Waals surface area contributed by atoms with Gasteiger partial charge in [0.05, 0.1) is 39.7 Å². The number of anilines is 2. The van der Waals surface area contributed by atoms with Crippen LogP contribution in [0.5, 0.6) is 0 Å². The van der Waals surface area contributed by atoms with E-state index in [4.69, 9.17) is 19.5 Å².